The Balaban J connectivity index is 0.00000361. The summed E-state index contributed by atoms with van der Waals surface area (Å²) in [5.41, 5.74) is 0. The van der Waals surface area contributed by atoms with E-state index < -0.39 is 0 Å². The molecular formula is C11H22IN5O3. The van der Waals surface area contributed by atoms with Crippen molar-refractivity contribution in [1.82, 2.24) is 20.9 Å². The zero-order chi connectivity index (χ0) is 14.3. The first kappa shape index (κ1) is 18.9. The average Bonchev–Trinajstić information content (AvgIpc) is 2.69. The van der Waals surface area contributed by atoms with Crippen LogP contribution in [0.2, 0.25) is 0 Å². The number of aliphatic imine (C=N–C) groups is 1. The normalized spacial score (nSPS) is 16.6. The molecule has 0 aliphatic carbocycles. The van der Waals surface area contributed by atoms with Crippen LogP contribution < -0.4 is 16.0 Å². The standard InChI is InChI=1S/C11H21N5O3.HI/c1-8(7-19-3)15-10(12-2)13-4-5-16-9(17)6-14-11(16)18;/h8H,4-7H2,1-3H3,(H,14,18)(H2,12,13,15);1H. The van der Waals surface area contributed by atoms with Crippen LogP contribution in [0.1, 0.15) is 6.92 Å². The fraction of sp³-hybridized carbons (Fsp3) is 0.727. The fourth-order valence-electron chi connectivity index (χ4n) is 1.69. The van der Waals surface area contributed by atoms with Crippen LogP contribution in [0.25, 0.3) is 0 Å². The fourth-order valence-corrected chi connectivity index (χ4v) is 1.69. The van der Waals surface area contributed by atoms with Crippen molar-refractivity contribution in [2.24, 2.45) is 4.99 Å². The second-order valence-corrected chi connectivity index (χ2v) is 4.20. The maximum Gasteiger partial charge on any atom is 0.324 e. The van der Waals surface area contributed by atoms with Crippen LogP contribution in [-0.2, 0) is 9.53 Å². The van der Waals surface area contributed by atoms with E-state index in [1.807, 2.05) is 6.92 Å². The molecule has 1 aliphatic rings. The van der Waals surface area contributed by atoms with Crippen molar-refractivity contribution in [3.05, 3.63) is 0 Å². The molecule has 1 rings (SSSR count). The first-order valence-corrected chi connectivity index (χ1v) is 6.12. The van der Waals surface area contributed by atoms with E-state index in [2.05, 4.69) is 20.9 Å². The lowest BCUT2D eigenvalue weighted by Crippen LogP contribution is -2.46. The Morgan fingerprint density at radius 1 is 1.55 bits per heavy atom. The number of guanidine groups is 1. The number of hydrogen-bond donors (Lipinski definition) is 3. The first-order valence-electron chi connectivity index (χ1n) is 6.12. The van der Waals surface area contributed by atoms with Crippen molar-refractivity contribution in [2.75, 3.05) is 40.4 Å². The maximum atomic E-state index is 11.3. The number of ether oxygens (including phenoxy) is 1. The molecule has 0 radical (unpaired) electrons. The second-order valence-electron chi connectivity index (χ2n) is 4.20. The van der Waals surface area contributed by atoms with Gasteiger partial charge in [0.25, 0.3) is 0 Å². The van der Waals surface area contributed by atoms with Crippen LogP contribution in [0, 0.1) is 0 Å². The average molecular weight is 399 g/mol. The monoisotopic (exact) mass is 399 g/mol. The highest BCUT2D eigenvalue weighted by molar-refractivity contribution is 14.0. The summed E-state index contributed by atoms with van der Waals surface area (Å²) >= 11 is 0. The number of imide groups is 1. The van der Waals surface area contributed by atoms with E-state index in [-0.39, 0.29) is 48.5 Å². The van der Waals surface area contributed by atoms with E-state index in [1.54, 1.807) is 14.2 Å². The molecule has 0 spiro atoms. The van der Waals surface area contributed by atoms with Crippen molar-refractivity contribution in [2.45, 2.75) is 13.0 Å². The Kier molecular flexibility index (Phi) is 9.21. The molecule has 0 aromatic rings. The minimum atomic E-state index is -0.345. The van der Waals surface area contributed by atoms with Gasteiger partial charge in [-0.1, -0.05) is 0 Å². The number of nitrogens with one attached hydrogen (secondary N) is 3. The van der Waals surface area contributed by atoms with Crippen LogP contribution >= 0.6 is 24.0 Å². The lowest BCUT2D eigenvalue weighted by atomic mass is 10.4. The molecule has 3 amide bonds. The molecule has 1 heterocycles. The molecule has 0 saturated carbocycles. The minimum absolute atomic E-state index is 0. The van der Waals surface area contributed by atoms with E-state index in [0.29, 0.717) is 25.7 Å². The summed E-state index contributed by atoms with van der Waals surface area (Å²) in [7, 11) is 3.29. The van der Waals surface area contributed by atoms with Crippen molar-refractivity contribution >= 4 is 41.9 Å². The molecule has 0 aromatic carbocycles. The molecule has 9 heteroatoms. The van der Waals surface area contributed by atoms with Gasteiger partial charge in [-0.05, 0) is 6.92 Å². The Labute approximate surface area is 135 Å². The molecule has 0 aromatic heterocycles. The zero-order valence-corrected chi connectivity index (χ0v) is 14.3. The van der Waals surface area contributed by atoms with Crippen LogP contribution in [-0.4, -0.2) is 69.2 Å². The van der Waals surface area contributed by atoms with Crippen molar-refractivity contribution in [3.63, 3.8) is 0 Å². The highest BCUT2D eigenvalue weighted by Gasteiger charge is 2.27. The van der Waals surface area contributed by atoms with Gasteiger partial charge in [0.1, 0.15) is 0 Å². The lowest BCUT2D eigenvalue weighted by molar-refractivity contribution is -0.124. The largest absolute Gasteiger partial charge is 0.383 e. The summed E-state index contributed by atoms with van der Waals surface area (Å²) in [5.74, 6) is 0.402. The number of rotatable bonds is 6. The van der Waals surface area contributed by atoms with Gasteiger partial charge in [-0.2, -0.15) is 0 Å². The van der Waals surface area contributed by atoms with Gasteiger partial charge in [0.15, 0.2) is 5.96 Å². The van der Waals surface area contributed by atoms with Crippen LogP contribution in [0.5, 0.6) is 0 Å². The topological polar surface area (TPSA) is 95.1 Å². The van der Waals surface area contributed by atoms with Crippen molar-refractivity contribution < 1.29 is 14.3 Å². The molecule has 1 unspecified atom stereocenters. The van der Waals surface area contributed by atoms with E-state index >= 15 is 0 Å². The van der Waals surface area contributed by atoms with E-state index in [4.69, 9.17) is 4.74 Å². The van der Waals surface area contributed by atoms with Gasteiger partial charge in [0.05, 0.1) is 13.2 Å². The first-order chi connectivity index (χ1) is 9.08. The summed E-state index contributed by atoms with van der Waals surface area (Å²) in [6, 6.07) is -0.226. The number of carbonyl (C=O) groups excluding carboxylic acids is 2. The Morgan fingerprint density at radius 3 is 2.75 bits per heavy atom. The number of halogens is 1. The Hall–Kier alpha value is -1.10. The predicted molar refractivity (Wildman–Crippen MR) is 86.4 cm³/mol. The van der Waals surface area contributed by atoms with Gasteiger partial charge in [-0.15, -0.1) is 24.0 Å². The molecular weight excluding hydrogens is 377 g/mol. The van der Waals surface area contributed by atoms with Gasteiger partial charge in [-0.3, -0.25) is 14.7 Å². The summed E-state index contributed by atoms with van der Waals surface area (Å²) in [5, 5.41) is 8.63. The number of amides is 3. The molecule has 3 N–H and O–H groups in total. The molecule has 1 saturated heterocycles. The van der Waals surface area contributed by atoms with Crippen LogP contribution in [0.4, 0.5) is 4.79 Å². The second kappa shape index (κ2) is 9.75. The molecule has 1 atom stereocenters. The quantitative estimate of drug-likeness (QED) is 0.239. The third-order valence-electron chi connectivity index (χ3n) is 2.59. The third-order valence-corrected chi connectivity index (χ3v) is 2.59. The smallest absolute Gasteiger partial charge is 0.324 e. The maximum absolute atomic E-state index is 11.3. The minimum Gasteiger partial charge on any atom is -0.383 e. The molecule has 20 heavy (non-hydrogen) atoms. The molecule has 8 nitrogen and oxygen atoms in total. The van der Waals surface area contributed by atoms with Gasteiger partial charge >= 0.3 is 6.03 Å². The van der Waals surface area contributed by atoms with Gasteiger partial charge in [-0.25, -0.2) is 4.79 Å². The highest BCUT2D eigenvalue weighted by atomic mass is 127. The van der Waals surface area contributed by atoms with Gasteiger partial charge < -0.3 is 20.7 Å². The van der Waals surface area contributed by atoms with Gasteiger partial charge in [0, 0.05) is 33.3 Å². The molecule has 1 aliphatic heterocycles. The van der Waals surface area contributed by atoms with Crippen LogP contribution in [0.15, 0.2) is 4.99 Å². The van der Waals surface area contributed by atoms with Crippen molar-refractivity contribution in [1.29, 1.82) is 0 Å². The summed E-state index contributed by atoms with van der Waals surface area (Å²) < 4.78 is 5.01. The number of methoxy groups -OCH3 is 1. The summed E-state index contributed by atoms with van der Waals surface area (Å²) in [6.45, 7) is 3.36. The molecule has 1 fully saturated rings. The number of hydrogen-bond acceptors (Lipinski definition) is 4. The SMILES string of the molecule is CN=C(NCCN1C(=O)CNC1=O)NC(C)COC.I. The Morgan fingerprint density at radius 2 is 2.25 bits per heavy atom. The Bertz CT molecular complexity index is 348. The van der Waals surface area contributed by atoms with Crippen LogP contribution in [0.3, 0.4) is 0 Å². The van der Waals surface area contributed by atoms with E-state index in [1.165, 1.54) is 4.90 Å². The molecule has 0 bridgehead atoms. The zero-order valence-electron chi connectivity index (χ0n) is 11.9. The van der Waals surface area contributed by atoms with Crippen molar-refractivity contribution in [3.8, 4) is 0 Å². The summed E-state index contributed by atoms with van der Waals surface area (Å²) in [4.78, 5) is 27.9. The lowest BCUT2D eigenvalue weighted by Gasteiger charge is -2.18. The highest BCUT2D eigenvalue weighted by Crippen LogP contribution is 1.96. The third kappa shape index (κ3) is 5.90. The molecule has 116 valence electrons. The number of nitrogens with zero attached hydrogens (tertiary/aromatic N) is 2. The van der Waals surface area contributed by atoms with E-state index in [0.717, 1.165) is 0 Å². The number of urea groups is 1. The van der Waals surface area contributed by atoms with Gasteiger partial charge in [0.2, 0.25) is 5.91 Å². The number of carbonyl (C=O) groups is 2. The predicted octanol–water partition coefficient (Wildman–Crippen LogP) is -0.644. The van der Waals surface area contributed by atoms with E-state index in [9.17, 15) is 9.59 Å². The summed E-state index contributed by atoms with van der Waals surface area (Å²) in [6.07, 6.45) is 0.